The number of aromatic nitrogens is 3. The molecule has 3 rings (SSSR count). The van der Waals surface area contributed by atoms with Gasteiger partial charge in [-0.05, 0) is 12.8 Å². The van der Waals surface area contributed by atoms with Crippen molar-refractivity contribution in [1.82, 2.24) is 14.6 Å². The number of H-pyrrole nitrogens is 1. The van der Waals surface area contributed by atoms with E-state index < -0.39 is 5.97 Å². The standard InChI is InChI=1S/C12H13N3O3/c16-11-6-9(12(17)18)13-10-5-8(14-15(10)11)7-3-1-2-4-7/h5-7,14H,1-4H2,(H,17,18). The Kier molecular flexibility index (Phi) is 2.43. The average Bonchev–Trinajstić information content (AvgIpc) is 2.96. The first-order valence-corrected chi connectivity index (χ1v) is 6.01. The fourth-order valence-electron chi connectivity index (χ4n) is 2.57. The van der Waals surface area contributed by atoms with Crippen molar-refractivity contribution in [2.75, 3.05) is 0 Å². The maximum atomic E-state index is 11.8. The number of hydrogen-bond donors (Lipinski definition) is 2. The molecule has 1 aliphatic carbocycles. The second kappa shape index (κ2) is 3.97. The molecule has 6 heteroatoms. The fourth-order valence-corrected chi connectivity index (χ4v) is 2.57. The highest BCUT2D eigenvalue weighted by Gasteiger charge is 2.20. The van der Waals surface area contributed by atoms with Gasteiger partial charge in [0.1, 0.15) is 0 Å². The molecule has 2 aromatic rings. The van der Waals surface area contributed by atoms with Crippen LogP contribution in [0.2, 0.25) is 0 Å². The SMILES string of the molecule is O=C(O)c1cc(=O)n2[nH]c(C3CCCC3)cc2n1. The van der Waals surface area contributed by atoms with Crippen molar-refractivity contribution in [1.29, 1.82) is 0 Å². The fraction of sp³-hybridized carbons (Fsp3) is 0.417. The Hall–Kier alpha value is -2.11. The van der Waals surface area contributed by atoms with Gasteiger partial charge in [-0.1, -0.05) is 12.8 Å². The Labute approximate surface area is 102 Å². The number of carboxylic acid groups (broad SMARTS) is 1. The Balaban J connectivity index is 2.13. The molecule has 0 bridgehead atoms. The van der Waals surface area contributed by atoms with Crippen molar-refractivity contribution < 1.29 is 9.90 Å². The molecule has 0 spiro atoms. The lowest BCUT2D eigenvalue weighted by Crippen LogP contribution is -2.17. The number of aromatic amines is 1. The quantitative estimate of drug-likeness (QED) is 0.839. The molecule has 1 aliphatic rings. The summed E-state index contributed by atoms with van der Waals surface area (Å²) in [5.74, 6) is -0.752. The molecule has 2 heterocycles. The van der Waals surface area contributed by atoms with E-state index in [1.165, 1.54) is 17.4 Å². The minimum atomic E-state index is -1.18. The first-order chi connectivity index (χ1) is 8.65. The summed E-state index contributed by atoms with van der Waals surface area (Å²) in [4.78, 5) is 26.6. The topological polar surface area (TPSA) is 87.5 Å². The van der Waals surface area contributed by atoms with Crippen LogP contribution in [-0.4, -0.2) is 25.7 Å². The molecule has 0 saturated heterocycles. The van der Waals surface area contributed by atoms with E-state index in [4.69, 9.17) is 5.11 Å². The molecule has 2 N–H and O–H groups in total. The maximum absolute atomic E-state index is 11.8. The van der Waals surface area contributed by atoms with Crippen molar-refractivity contribution in [3.63, 3.8) is 0 Å². The van der Waals surface area contributed by atoms with Crippen LogP contribution in [0.15, 0.2) is 16.9 Å². The number of rotatable bonds is 2. The van der Waals surface area contributed by atoms with Gasteiger partial charge in [0, 0.05) is 23.7 Å². The number of aromatic carboxylic acids is 1. The summed E-state index contributed by atoms with van der Waals surface area (Å²) in [6, 6.07) is 2.81. The van der Waals surface area contributed by atoms with Gasteiger partial charge in [0.15, 0.2) is 11.3 Å². The van der Waals surface area contributed by atoms with E-state index in [2.05, 4.69) is 10.1 Å². The van der Waals surface area contributed by atoms with Gasteiger partial charge in [-0.15, -0.1) is 0 Å². The zero-order valence-electron chi connectivity index (χ0n) is 9.72. The van der Waals surface area contributed by atoms with Gasteiger partial charge in [-0.2, -0.15) is 0 Å². The second-order valence-electron chi connectivity index (χ2n) is 4.67. The smallest absolute Gasteiger partial charge is 0.354 e. The van der Waals surface area contributed by atoms with Gasteiger partial charge in [0.2, 0.25) is 0 Å². The number of carboxylic acids is 1. The average molecular weight is 247 g/mol. The molecule has 1 saturated carbocycles. The Bertz CT molecular complexity index is 665. The highest BCUT2D eigenvalue weighted by Crippen LogP contribution is 2.33. The summed E-state index contributed by atoms with van der Waals surface area (Å²) in [6.45, 7) is 0. The van der Waals surface area contributed by atoms with Gasteiger partial charge >= 0.3 is 5.97 Å². The first kappa shape index (κ1) is 11.0. The summed E-state index contributed by atoms with van der Waals surface area (Å²) in [7, 11) is 0. The summed E-state index contributed by atoms with van der Waals surface area (Å²) >= 11 is 0. The molecule has 1 fully saturated rings. The maximum Gasteiger partial charge on any atom is 0.354 e. The lowest BCUT2D eigenvalue weighted by Gasteiger charge is -2.03. The molecule has 0 amide bonds. The molecule has 0 aromatic carbocycles. The van der Waals surface area contributed by atoms with Gasteiger partial charge in [-0.3, -0.25) is 9.89 Å². The highest BCUT2D eigenvalue weighted by atomic mass is 16.4. The molecular weight excluding hydrogens is 234 g/mol. The van der Waals surface area contributed by atoms with E-state index in [9.17, 15) is 9.59 Å². The summed E-state index contributed by atoms with van der Waals surface area (Å²) in [5, 5.41) is 11.9. The van der Waals surface area contributed by atoms with Crippen LogP contribution in [0.4, 0.5) is 0 Å². The molecule has 0 atom stereocenters. The number of nitrogens with one attached hydrogen (secondary N) is 1. The van der Waals surface area contributed by atoms with Crippen LogP contribution < -0.4 is 5.56 Å². The van der Waals surface area contributed by atoms with Gasteiger partial charge in [0.05, 0.1) is 0 Å². The number of carbonyl (C=O) groups is 1. The minimum absolute atomic E-state index is 0.211. The summed E-state index contributed by atoms with van der Waals surface area (Å²) in [6.07, 6.45) is 4.60. The zero-order valence-corrected chi connectivity index (χ0v) is 9.72. The predicted octanol–water partition coefficient (Wildman–Crippen LogP) is 1.38. The number of hydrogen-bond acceptors (Lipinski definition) is 3. The third-order valence-corrected chi connectivity index (χ3v) is 3.48. The summed E-state index contributed by atoms with van der Waals surface area (Å²) < 4.78 is 1.31. The molecule has 0 unspecified atom stereocenters. The lowest BCUT2D eigenvalue weighted by atomic mass is 10.1. The first-order valence-electron chi connectivity index (χ1n) is 6.01. The van der Waals surface area contributed by atoms with Crippen molar-refractivity contribution in [2.45, 2.75) is 31.6 Å². The van der Waals surface area contributed by atoms with Gasteiger partial charge in [-0.25, -0.2) is 14.3 Å². The monoisotopic (exact) mass is 247 g/mol. The van der Waals surface area contributed by atoms with Crippen LogP contribution in [0.3, 0.4) is 0 Å². The second-order valence-corrected chi connectivity index (χ2v) is 4.67. The van der Waals surface area contributed by atoms with Crippen LogP contribution in [0, 0.1) is 0 Å². The largest absolute Gasteiger partial charge is 0.477 e. The minimum Gasteiger partial charge on any atom is -0.477 e. The van der Waals surface area contributed by atoms with E-state index in [0.717, 1.165) is 24.6 Å². The van der Waals surface area contributed by atoms with Crippen molar-refractivity contribution in [3.8, 4) is 0 Å². The van der Waals surface area contributed by atoms with E-state index in [1.807, 2.05) is 0 Å². The normalized spacial score (nSPS) is 16.4. The van der Waals surface area contributed by atoms with E-state index >= 15 is 0 Å². The van der Waals surface area contributed by atoms with Gasteiger partial charge in [0.25, 0.3) is 5.56 Å². The lowest BCUT2D eigenvalue weighted by molar-refractivity contribution is 0.0690. The molecule has 2 aromatic heterocycles. The Morgan fingerprint density at radius 1 is 1.39 bits per heavy atom. The molecule has 94 valence electrons. The molecule has 6 nitrogen and oxygen atoms in total. The van der Waals surface area contributed by atoms with E-state index in [1.54, 1.807) is 6.07 Å². The summed E-state index contributed by atoms with van der Waals surface area (Å²) in [5.41, 5.74) is 0.750. The highest BCUT2D eigenvalue weighted by molar-refractivity contribution is 5.85. The number of fused-ring (bicyclic) bond motifs is 1. The third kappa shape index (κ3) is 1.70. The molecular formula is C12H13N3O3. The van der Waals surface area contributed by atoms with E-state index in [-0.39, 0.29) is 11.3 Å². The van der Waals surface area contributed by atoms with Crippen LogP contribution in [0.25, 0.3) is 5.65 Å². The zero-order chi connectivity index (χ0) is 12.7. The van der Waals surface area contributed by atoms with Gasteiger partial charge < -0.3 is 5.11 Å². The van der Waals surface area contributed by atoms with Crippen LogP contribution in [0.5, 0.6) is 0 Å². The predicted molar refractivity (Wildman–Crippen MR) is 64.0 cm³/mol. The molecule has 0 aliphatic heterocycles. The third-order valence-electron chi connectivity index (χ3n) is 3.48. The van der Waals surface area contributed by atoms with E-state index in [0.29, 0.717) is 11.6 Å². The van der Waals surface area contributed by atoms with Crippen LogP contribution in [-0.2, 0) is 0 Å². The Morgan fingerprint density at radius 3 is 2.78 bits per heavy atom. The van der Waals surface area contributed by atoms with Crippen molar-refractivity contribution >= 4 is 11.6 Å². The van der Waals surface area contributed by atoms with Crippen LogP contribution in [0.1, 0.15) is 47.8 Å². The molecule has 18 heavy (non-hydrogen) atoms. The molecule has 0 radical (unpaired) electrons. The van der Waals surface area contributed by atoms with Crippen molar-refractivity contribution in [3.05, 3.63) is 33.9 Å². The Morgan fingerprint density at radius 2 is 2.11 bits per heavy atom. The van der Waals surface area contributed by atoms with Crippen molar-refractivity contribution in [2.24, 2.45) is 0 Å². The number of nitrogens with zero attached hydrogens (tertiary/aromatic N) is 2. The van der Waals surface area contributed by atoms with Crippen LogP contribution >= 0.6 is 0 Å².